The number of hydrogen-bond donors (Lipinski definition) is 2. The first-order valence-corrected chi connectivity index (χ1v) is 8.57. The first-order chi connectivity index (χ1) is 12.1. The summed E-state index contributed by atoms with van der Waals surface area (Å²) in [5, 5.41) is 2.96. The summed E-state index contributed by atoms with van der Waals surface area (Å²) >= 11 is 0. The van der Waals surface area contributed by atoms with Gasteiger partial charge in [-0.3, -0.25) is 9.59 Å². The van der Waals surface area contributed by atoms with Crippen molar-refractivity contribution in [2.75, 3.05) is 12.3 Å². The van der Waals surface area contributed by atoms with Gasteiger partial charge in [-0.15, -0.1) is 12.4 Å². The molecule has 2 amide bonds. The Labute approximate surface area is 160 Å². The number of likely N-dealkylation sites (tertiary alicyclic amines) is 1. The lowest BCUT2D eigenvalue weighted by Gasteiger charge is -2.18. The molecule has 2 aromatic rings. The van der Waals surface area contributed by atoms with Gasteiger partial charge < -0.3 is 16.0 Å². The zero-order valence-electron chi connectivity index (χ0n) is 14.6. The van der Waals surface area contributed by atoms with Gasteiger partial charge in [0.1, 0.15) is 0 Å². The number of carbonyl (C=O) groups excluding carboxylic acids is 2. The van der Waals surface area contributed by atoms with Crippen molar-refractivity contribution in [3.05, 3.63) is 65.2 Å². The van der Waals surface area contributed by atoms with Crippen molar-refractivity contribution >= 4 is 29.9 Å². The van der Waals surface area contributed by atoms with Crippen LogP contribution < -0.4 is 11.1 Å². The first-order valence-electron chi connectivity index (χ1n) is 8.57. The third-order valence-electron chi connectivity index (χ3n) is 4.47. The Balaban J connectivity index is 0.00000243. The van der Waals surface area contributed by atoms with Crippen LogP contribution in [-0.4, -0.2) is 23.3 Å². The molecule has 6 heteroatoms. The van der Waals surface area contributed by atoms with Crippen LogP contribution in [0.15, 0.2) is 48.5 Å². The fraction of sp³-hybridized carbons (Fsp3) is 0.300. The van der Waals surface area contributed by atoms with Crippen LogP contribution in [-0.2, 0) is 29.1 Å². The molecule has 5 nitrogen and oxygen atoms in total. The molecule has 0 radical (unpaired) electrons. The minimum Gasteiger partial charge on any atom is -0.399 e. The van der Waals surface area contributed by atoms with Crippen LogP contribution in [0.1, 0.15) is 29.5 Å². The Morgan fingerprint density at radius 1 is 1.08 bits per heavy atom. The molecule has 0 aromatic heterocycles. The second kappa shape index (κ2) is 9.25. The molecule has 1 heterocycles. The van der Waals surface area contributed by atoms with Crippen molar-refractivity contribution in [3.63, 3.8) is 0 Å². The lowest BCUT2D eigenvalue weighted by molar-refractivity contribution is -0.128. The van der Waals surface area contributed by atoms with Crippen molar-refractivity contribution in [2.45, 2.75) is 32.4 Å². The standard InChI is InChI=1S/C20H23N3O2.ClH/c21-18-9-7-15(8-10-18)12-19(24)22-13-16-4-1-2-5-17(16)14-23-11-3-6-20(23)25;/h1-2,4-5,7-10H,3,6,11-14,21H2,(H,22,24);1H. The van der Waals surface area contributed by atoms with E-state index in [0.29, 0.717) is 31.6 Å². The van der Waals surface area contributed by atoms with Crippen LogP contribution in [0.25, 0.3) is 0 Å². The Morgan fingerprint density at radius 2 is 1.77 bits per heavy atom. The van der Waals surface area contributed by atoms with Gasteiger partial charge in [0, 0.05) is 31.7 Å². The fourth-order valence-corrected chi connectivity index (χ4v) is 3.04. The lowest BCUT2D eigenvalue weighted by Crippen LogP contribution is -2.27. The maximum absolute atomic E-state index is 12.2. The molecule has 1 fully saturated rings. The van der Waals surface area contributed by atoms with Gasteiger partial charge in [-0.25, -0.2) is 0 Å². The predicted octanol–water partition coefficient (Wildman–Crippen LogP) is 2.67. The van der Waals surface area contributed by atoms with Gasteiger partial charge in [0.25, 0.3) is 0 Å². The van der Waals surface area contributed by atoms with E-state index in [9.17, 15) is 9.59 Å². The molecular formula is C20H24ClN3O2. The summed E-state index contributed by atoms with van der Waals surface area (Å²) in [7, 11) is 0. The molecule has 0 saturated carbocycles. The number of hydrogen-bond acceptors (Lipinski definition) is 3. The van der Waals surface area contributed by atoms with E-state index in [1.165, 1.54) is 0 Å². The van der Waals surface area contributed by atoms with Crippen LogP contribution in [0.5, 0.6) is 0 Å². The van der Waals surface area contributed by atoms with Gasteiger partial charge in [0.05, 0.1) is 6.42 Å². The second-order valence-electron chi connectivity index (χ2n) is 6.38. The van der Waals surface area contributed by atoms with Crippen molar-refractivity contribution in [1.82, 2.24) is 10.2 Å². The molecule has 26 heavy (non-hydrogen) atoms. The zero-order chi connectivity index (χ0) is 17.6. The minimum atomic E-state index is -0.0307. The van der Waals surface area contributed by atoms with E-state index in [-0.39, 0.29) is 24.2 Å². The topological polar surface area (TPSA) is 75.4 Å². The number of anilines is 1. The van der Waals surface area contributed by atoms with E-state index in [2.05, 4.69) is 5.32 Å². The zero-order valence-corrected chi connectivity index (χ0v) is 15.4. The molecule has 0 bridgehead atoms. The molecule has 3 rings (SSSR count). The molecule has 138 valence electrons. The average Bonchev–Trinajstić information content (AvgIpc) is 3.01. The molecule has 0 atom stereocenters. The number of amides is 2. The second-order valence-corrected chi connectivity index (χ2v) is 6.38. The van der Waals surface area contributed by atoms with Crippen molar-refractivity contribution < 1.29 is 9.59 Å². The van der Waals surface area contributed by atoms with Crippen molar-refractivity contribution in [2.24, 2.45) is 0 Å². The van der Waals surface area contributed by atoms with Gasteiger partial charge >= 0.3 is 0 Å². The van der Waals surface area contributed by atoms with Crippen LogP contribution >= 0.6 is 12.4 Å². The summed E-state index contributed by atoms with van der Waals surface area (Å²) in [6, 6.07) is 15.3. The molecule has 1 aliphatic heterocycles. The van der Waals surface area contributed by atoms with Crippen LogP contribution in [0.2, 0.25) is 0 Å². The van der Waals surface area contributed by atoms with Crippen LogP contribution in [0.3, 0.4) is 0 Å². The summed E-state index contributed by atoms with van der Waals surface area (Å²) in [4.78, 5) is 25.9. The van der Waals surface area contributed by atoms with Gasteiger partial charge in [-0.2, -0.15) is 0 Å². The van der Waals surface area contributed by atoms with E-state index >= 15 is 0 Å². The maximum atomic E-state index is 12.2. The number of benzene rings is 2. The Bertz CT molecular complexity index is 762. The molecule has 2 aromatic carbocycles. The fourth-order valence-electron chi connectivity index (χ4n) is 3.04. The Morgan fingerprint density at radius 3 is 2.42 bits per heavy atom. The van der Waals surface area contributed by atoms with Gasteiger partial charge in [-0.05, 0) is 35.2 Å². The quantitative estimate of drug-likeness (QED) is 0.764. The highest BCUT2D eigenvalue weighted by atomic mass is 35.5. The highest BCUT2D eigenvalue weighted by Gasteiger charge is 2.20. The lowest BCUT2D eigenvalue weighted by atomic mass is 10.1. The Kier molecular flexibility index (Phi) is 7.04. The number of nitrogens with two attached hydrogens (primary N) is 1. The Hall–Kier alpha value is -2.53. The highest BCUT2D eigenvalue weighted by Crippen LogP contribution is 2.17. The normalized spacial score (nSPS) is 13.4. The number of halogens is 1. The molecule has 0 spiro atoms. The molecule has 1 aliphatic rings. The SMILES string of the molecule is Cl.Nc1ccc(CC(=O)NCc2ccccc2CN2CCCC2=O)cc1. The van der Waals surface area contributed by atoms with E-state index in [1.807, 2.05) is 41.3 Å². The molecule has 0 unspecified atom stereocenters. The van der Waals surface area contributed by atoms with E-state index in [0.717, 1.165) is 29.7 Å². The molecule has 0 aliphatic carbocycles. The third-order valence-corrected chi connectivity index (χ3v) is 4.47. The number of carbonyl (C=O) groups is 2. The summed E-state index contributed by atoms with van der Waals surface area (Å²) in [5.41, 5.74) is 9.42. The monoisotopic (exact) mass is 373 g/mol. The molecule has 1 saturated heterocycles. The minimum absolute atomic E-state index is 0. The van der Waals surface area contributed by atoms with Gasteiger partial charge in [0.2, 0.25) is 11.8 Å². The molecule has 3 N–H and O–H groups in total. The smallest absolute Gasteiger partial charge is 0.224 e. The summed E-state index contributed by atoms with van der Waals surface area (Å²) in [6.07, 6.45) is 1.90. The summed E-state index contributed by atoms with van der Waals surface area (Å²) in [5.74, 6) is 0.180. The molecular weight excluding hydrogens is 350 g/mol. The average molecular weight is 374 g/mol. The van der Waals surface area contributed by atoms with Crippen LogP contribution in [0.4, 0.5) is 5.69 Å². The van der Waals surface area contributed by atoms with E-state index in [4.69, 9.17) is 5.73 Å². The number of nitrogens with one attached hydrogen (secondary N) is 1. The number of rotatable bonds is 6. The maximum Gasteiger partial charge on any atom is 0.224 e. The van der Waals surface area contributed by atoms with Crippen LogP contribution in [0, 0.1) is 0 Å². The number of nitrogen functional groups attached to an aromatic ring is 1. The van der Waals surface area contributed by atoms with Gasteiger partial charge in [-0.1, -0.05) is 36.4 Å². The highest BCUT2D eigenvalue weighted by molar-refractivity contribution is 5.85. The van der Waals surface area contributed by atoms with Crippen molar-refractivity contribution in [3.8, 4) is 0 Å². The van der Waals surface area contributed by atoms with E-state index < -0.39 is 0 Å². The largest absolute Gasteiger partial charge is 0.399 e. The predicted molar refractivity (Wildman–Crippen MR) is 105 cm³/mol. The summed E-state index contributed by atoms with van der Waals surface area (Å²) < 4.78 is 0. The number of nitrogens with zero attached hydrogens (tertiary/aromatic N) is 1. The van der Waals surface area contributed by atoms with E-state index in [1.54, 1.807) is 12.1 Å². The third kappa shape index (κ3) is 5.23. The van der Waals surface area contributed by atoms with Gasteiger partial charge in [0.15, 0.2) is 0 Å². The first kappa shape index (κ1) is 19.8. The van der Waals surface area contributed by atoms with Crippen molar-refractivity contribution in [1.29, 1.82) is 0 Å². The summed E-state index contributed by atoms with van der Waals surface area (Å²) in [6.45, 7) is 1.89.